The lowest BCUT2D eigenvalue weighted by atomic mass is 9.71. The number of para-hydroxylation sites is 1. The molecule has 2 saturated heterocycles. The fourth-order valence-electron chi connectivity index (χ4n) is 6.02. The van der Waals surface area contributed by atoms with Crippen molar-refractivity contribution in [2.75, 3.05) is 31.5 Å². The Hall–Kier alpha value is -3.70. The Kier molecular flexibility index (Phi) is 7.45. The van der Waals surface area contributed by atoms with Gasteiger partial charge in [0.05, 0.1) is 5.41 Å². The van der Waals surface area contributed by atoms with Crippen LogP contribution in [0.4, 0.5) is 32.4 Å². The van der Waals surface area contributed by atoms with Crippen LogP contribution in [0.3, 0.4) is 0 Å². The lowest BCUT2D eigenvalue weighted by molar-refractivity contribution is -0.162. The van der Waals surface area contributed by atoms with Crippen LogP contribution in [-0.2, 0) is 16.0 Å². The van der Waals surface area contributed by atoms with E-state index in [0.29, 0.717) is 24.2 Å². The molecule has 2 atom stereocenters. The Morgan fingerprint density at radius 2 is 1.75 bits per heavy atom. The Morgan fingerprint density at radius 3 is 2.48 bits per heavy atom. The van der Waals surface area contributed by atoms with Crippen molar-refractivity contribution in [3.05, 3.63) is 65.2 Å². The fraction of sp³-hybridized carbons (Fsp3) is 0.464. The van der Waals surface area contributed by atoms with Crippen molar-refractivity contribution in [3.8, 4) is 0 Å². The molecule has 0 unspecified atom stereocenters. The molecule has 12 heteroatoms. The van der Waals surface area contributed by atoms with E-state index in [-0.39, 0.29) is 37.4 Å². The first-order valence-electron chi connectivity index (χ1n) is 13.2. The van der Waals surface area contributed by atoms with Crippen LogP contribution in [0.2, 0.25) is 0 Å². The molecule has 40 heavy (non-hydrogen) atoms. The number of carbonyl (C=O) groups is 3. The van der Waals surface area contributed by atoms with Crippen molar-refractivity contribution in [1.29, 1.82) is 0 Å². The van der Waals surface area contributed by atoms with E-state index in [4.69, 9.17) is 0 Å². The molecule has 7 nitrogen and oxygen atoms in total. The molecule has 3 aliphatic rings. The summed E-state index contributed by atoms with van der Waals surface area (Å²) in [5, 5.41) is 5.51. The van der Waals surface area contributed by atoms with Gasteiger partial charge in [-0.2, -0.15) is 13.2 Å². The molecule has 0 aromatic heterocycles. The summed E-state index contributed by atoms with van der Waals surface area (Å²) in [7, 11) is 0. The number of likely N-dealkylation sites (tertiary alicyclic amines) is 2. The predicted molar refractivity (Wildman–Crippen MR) is 135 cm³/mol. The molecule has 4 amide bonds. The average Bonchev–Trinajstić information content (AvgIpc) is 3.04. The van der Waals surface area contributed by atoms with E-state index in [1.54, 1.807) is 0 Å². The van der Waals surface area contributed by atoms with Crippen LogP contribution in [0.1, 0.15) is 42.7 Å². The fourth-order valence-corrected chi connectivity index (χ4v) is 6.02. The van der Waals surface area contributed by atoms with E-state index >= 15 is 0 Å². The van der Waals surface area contributed by atoms with Crippen molar-refractivity contribution >= 4 is 23.5 Å². The summed E-state index contributed by atoms with van der Waals surface area (Å²) >= 11 is 0. The van der Waals surface area contributed by atoms with E-state index in [0.717, 1.165) is 17.3 Å². The van der Waals surface area contributed by atoms with Crippen molar-refractivity contribution in [3.63, 3.8) is 0 Å². The molecule has 2 fully saturated rings. The number of hydrogen-bond acceptors (Lipinski definition) is 3. The summed E-state index contributed by atoms with van der Waals surface area (Å²) in [6.07, 6.45) is -3.39. The highest BCUT2D eigenvalue weighted by atomic mass is 19.4. The van der Waals surface area contributed by atoms with Crippen molar-refractivity contribution < 1.29 is 36.3 Å². The molecule has 0 radical (unpaired) electrons. The minimum Gasteiger partial charge on any atom is -0.331 e. The zero-order valence-corrected chi connectivity index (χ0v) is 21.6. The first kappa shape index (κ1) is 27.9. The standard InChI is InChI=1S/C28H29F5N4O3/c29-20-6-3-5-19(23(20)30)18-8-9-22(24(38)37(15-18)16-28(31,32)33)35-26(40)36-12-10-27(11-13-36)14-17-4-1-2-7-21(17)34-25(27)39/h1-7,18,22H,8-16H2,(H,34,39)(H,35,40)/t18-,22-/m1/s1. The Bertz CT molecular complexity index is 1310. The zero-order valence-electron chi connectivity index (χ0n) is 21.6. The lowest BCUT2D eigenvalue weighted by Gasteiger charge is -2.43. The zero-order chi connectivity index (χ0) is 28.7. The average molecular weight is 565 g/mol. The van der Waals surface area contributed by atoms with Gasteiger partial charge in [0.2, 0.25) is 11.8 Å². The van der Waals surface area contributed by atoms with Gasteiger partial charge >= 0.3 is 12.2 Å². The Balaban J connectivity index is 1.27. The smallest absolute Gasteiger partial charge is 0.331 e. The van der Waals surface area contributed by atoms with Gasteiger partial charge in [-0.05, 0) is 55.4 Å². The van der Waals surface area contributed by atoms with E-state index < -0.39 is 60.2 Å². The molecule has 0 bridgehead atoms. The maximum absolute atomic E-state index is 14.5. The summed E-state index contributed by atoms with van der Waals surface area (Å²) in [6.45, 7) is -1.58. The van der Waals surface area contributed by atoms with Gasteiger partial charge in [-0.3, -0.25) is 9.59 Å². The van der Waals surface area contributed by atoms with Gasteiger partial charge in [0.1, 0.15) is 12.6 Å². The van der Waals surface area contributed by atoms with Crippen LogP contribution < -0.4 is 10.6 Å². The number of rotatable bonds is 3. The van der Waals surface area contributed by atoms with Gasteiger partial charge in [-0.15, -0.1) is 0 Å². The maximum Gasteiger partial charge on any atom is 0.406 e. The molecule has 0 aliphatic carbocycles. The van der Waals surface area contributed by atoms with Crippen LogP contribution in [-0.4, -0.2) is 66.0 Å². The van der Waals surface area contributed by atoms with Crippen molar-refractivity contribution in [2.24, 2.45) is 5.41 Å². The van der Waals surface area contributed by atoms with Gasteiger partial charge in [0.25, 0.3) is 0 Å². The number of nitrogens with one attached hydrogen (secondary N) is 2. The number of anilines is 1. The molecule has 0 saturated carbocycles. The van der Waals surface area contributed by atoms with Crippen LogP contribution in [0, 0.1) is 17.0 Å². The quantitative estimate of drug-likeness (QED) is 0.536. The molecule has 3 heterocycles. The summed E-state index contributed by atoms with van der Waals surface area (Å²) < 4.78 is 68.4. The molecule has 214 valence electrons. The highest BCUT2D eigenvalue weighted by molar-refractivity contribution is 5.98. The predicted octanol–water partition coefficient (Wildman–Crippen LogP) is 4.59. The number of nitrogens with zero attached hydrogens (tertiary/aromatic N) is 2. The van der Waals surface area contributed by atoms with Crippen LogP contribution in [0.25, 0.3) is 0 Å². The summed E-state index contributed by atoms with van der Waals surface area (Å²) in [6, 6.07) is 9.10. The van der Waals surface area contributed by atoms with Gasteiger partial charge in [-0.25, -0.2) is 13.6 Å². The van der Waals surface area contributed by atoms with E-state index in [9.17, 15) is 36.3 Å². The van der Waals surface area contributed by atoms with E-state index in [2.05, 4.69) is 10.6 Å². The van der Waals surface area contributed by atoms with Crippen LogP contribution in [0.5, 0.6) is 0 Å². The molecule has 2 aromatic carbocycles. The molecule has 2 aromatic rings. The number of carbonyl (C=O) groups excluding carboxylic acids is 3. The van der Waals surface area contributed by atoms with E-state index in [1.807, 2.05) is 24.3 Å². The number of urea groups is 1. The van der Waals surface area contributed by atoms with Gasteiger partial charge in [-0.1, -0.05) is 30.3 Å². The Labute approximate surface area is 227 Å². The summed E-state index contributed by atoms with van der Waals surface area (Å²) in [4.78, 5) is 41.2. The summed E-state index contributed by atoms with van der Waals surface area (Å²) in [5.41, 5.74) is 0.999. The maximum atomic E-state index is 14.5. The van der Waals surface area contributed by atoms with Crippen LogP contribution in [0.15, 0.2) is 42.5 Å². The minimum atomic E-state index is -4.72. The summed E-state index contributed by atoms with van der Waals surface area (Å²) in [5.74, 6) is -4.21. The normalized spacial score (nSPS) is 22.9. The second-order valence-electron chi connectivity index (χ2n) is 10.8. The second-order valence-corrected chi connectivity index (χ2v) is 10.8. The second kappa shape index (κ2) is 10.7. The van der Waals surface area contributed by atoms with Crippen molar-refractivity contribution in [2.45, 2.75) is 50.2 Å². The SMILES string of the molecule is O=C(N[C@@H]1CC[C@@H](c2cccc(F)c2F)CN(CC(F)(F)F)C1=O)N1CCC2(CC1)Cc1ccccc1NC2=O. The van der Waals surface area contributed by atoms with Crippen LogP contribution >= 0.6 is 0 Å². The Morgan fingerprint density at radius 1 is 1.02 bits per heavy atom. The third-order valence-electron chi connectivity index (χ3n) is 8.23. The number of benzene rings is 2. The van der Waals surface area contributed by atoms with E-state index in [1.165, 1.54) is 17.0 Å². The third-order valence-corrected chi connectivity index (χ3v) is 8.23. The lowest BCUT2D eigenvalue weighted by Crippen LogP contribution is -2.56. The van der Waals surface area contributed by atoms with Gasteiger partial charge in [0, 0.05) is 31.2 Å². The van der Waals surface area contributed by atoms with Crippen molar-refractivity contribution in [1.82, 2.24) is 15.1 Å². The number of amides is 4. The molecular formula is C28H29F5N4O3. The van der Waals surface area contributed by atoms with Gasteiger partial charge < -0.3 is 20.4 Å². The topological polar surface area (TPSA) is 81.8 Å². The molecule has 2 N–H and O–H groups in total. The first-order chi connectivity index (χ1) is 19.0. The highest BCUT2D eigenvalue weighted by Gasteiger charge is 2.46. The minimum absolute atomic E-state index is 0.0451. The number of halogens is 5. The number of fused-ring (bicyclic) bond motifs is 1. The molecule has 5 rings (SSSR count). The number of piperidine rings is 1. The highest BCUT2D eigenvalue weighted by Crippen LogP contribution is 2.41. The monoisotopic (exact) mass is 564 g/mol. The molecular weight excluding hydrogens is 535 g/mol. The third kappa shape index (κ3) is 5.62. The largest absolute Gasteiger partial charge is 0.406 e. The molecule has 3 aliphatic heterocycles. The van der Waals surface area contributed by atoms with Gasteiger partial charge in [0.15, 0.2) is 11.6 Å². The molecule has 1 spiro atoms. The number of hydrogen-bond donors (Lipinski definition) is 2. The number of alkyl halides is 3. The first-order valence-corrected chi connectivity index (χ1v) is 13.2.